The van der Waals surface area contributed by atoms with E-state index in [9.17, 15) is 9.18 Å². The minimum Gasteiger partial charge on any atom is -0.355 e. The van der Waals surface area contributed by atoms with Crippen molar-refractivity contribution in [3.63, 3.8) is 0 Å². The summed E-state index contributed by atoms with van der Waals surface area (Å²) in [7, 11) is 0. The molecule has 1 N–H and O–H groups in total. The molecule has 3 heterocycles. The first-order valence-corrected chi connectivity index (χ1v) is 10.7. The normalized spacial score (nSPS) is 14.6. The lowest BCUT2D eigenvalue weighted by atomic mass is 9.96. The Labute approximate surface area is 188 Å². The van der Waals surface area contributed by atoms with Crippen molar-refractivity contribution in [2.45, 2.75) is 12.8 Å². The highest BCUT2D eigenvalue weighted by Crippen LogP contribution is 2.25. The number of piperidine rings is 1. The Morgan fingerprint density at radius 1 is 1.03 bits per heavy atom. The molecule has 7 nitrogen and oxygen atoms in total. The third-order valence-electron chi connectivity index (χ3n) is 5.63. The molecule has 162 valence electrons. The Bertz CT molecular complexity index is 1270. The largest absolute Gasteiger partial charge is 0.355 e. The highest BCUT2D eigenvalue weighted by atomic mass is 35.5. The van der Waals surface area contributed by atoms with Crippen LogP contribution in [0.25, 0.3) is 17.0 Å². The quantitative estimate of drug-likeness (QED) is 0.497. The molecule has 0 saturated carbocycles. The minimum atomic E-state index is -0.369. The van der Waals surface area contributed by atoms with E-state index in [0.29, 0.717) is 48.1 Å². The molecule has 2 aromatic heterocycles. The van der Waals surface area contributed by atoms with E-state index in [1.54, 1.807) is 16.6 Å². The number of amides is 1. The Balaban J connectivity index is 1.29. The van der Waals surface area contributed by atoms with Gasteiger partial charge in [-0.2, -0.15) is 4.52 Å². The summed E-state index contributed by atoms with van der Waals surface area (Å²) >= 11 is 5.99. The molecule has 1 aliphatic heterocycles. The van der Waals surface area contributed by atoms with Gasteiger partial charge in [0.15, 0.2) is 11.5 Å². The highest BCUT2D eigenvalue weighted by molar-refractivity contribution is 6.30. The number of carbonyl (C=O) groups excluding carboxylic acids is 1. The van der Waals surface area contributed by atoms with Crippen LogP contribution in [-0.4, -0.2) is 38.8 Å². The maximum atomic E-state index is 13.4. The first-order chi connectivity index (χ1) is 15.6. The van der Waals surface area contributed by atoms with Crippen LogP contribution in [0.15, 0.2) is 60.7 Å². The molecule has 4 aromatic rings. The molecule has 1 aliphatic rings. The lowest BCUT2D eigenvalue weighted by Gasteiger charge is -2.32. The van der Waals surface area contributed by atoms with Crippen LogP contribution < -0.4 is 10.2 Å². The summed E-state index contributed by atoms with van der Waals surface area (Å²) in [6.45, 7) is 1.39. The van der Waals surface area contributed by atoms with Gasteiger partial charge >= 0.3 is 0 Å². The first-order valence-electron chi connectivity index (χ1n) is 10.4. The zero-order chi connectivity index (χ0) is 22.1. The van der Waals surface area contributed by atoms with E-state index in [2.05, 4.69) is 20.4 Å². The predicted octanol–water partition coefficient (Wildman–Crippen LogP) is 4.44. The molecule has 0 bridgehead atoms. The van der Waals surface area contributed by atoms with Crippen LogP contribution in [0.4, 0.5) is 15.9 Å². The average Bonchev–Trinajstić information content (AvgIpc) is 3.23. The van der Waals surface area contributed by atoms with Crippen molar-refractivity contribution in [1.82, 2.24) is 19.8 Å². The van der Waals surface area contributed by atoms with Crippen LogP contribution >= 0.6 is 11.6 Å². The smallest absolute Gasteiger partial charge is 0.227 e. The number of rotatable bonds is 4. The first kappa shape index (κ1) is 20.4. The van der Waals surface area contributed by atoms with Gasteiger partial charge in [-0.25, -0.2) is 4.39 Å². The number of anilines is 2. The summed E-state index contributed by atoms with van der Waals surface area (Å²) in [4.78, 5) is 14.7. The molecule has 5 rings (SSSR count). The standard InChI is InChI=1S/C23H20ClFN6O/c24-17-6-4-15(5-7-17)22-28-27-20-8-9-21(29-31(20)22)30-12-10-16(11-13-30)23(32)26-19-3-1-2-18(25)14-19/h1-9,14,16H,10-13H2,(H,26,32). The predicted molar refractivity (Wildman–Crippen MR) is 121 cm³/mol. The summed E-state index contributed by atoms with van der Waals surface area (Å²) in [6, 6.07) is 17.1. The van der Waals surface area contributed by atoms with Crippen molar-refractivity contribution in [3.8, 4) is 11.4 Å². The van der Waals surface area contributed by atoms with E-state index in [-0.39, 0.29) is 17.6 Å². The molecule has 9 heteroatoms. The zero-order valence-electron chi connectivity index (χ0n) is 17.1. The Morgan fingerprint density at radius 2 is 1.81 bits per heavy atom. The van der Waals surface area contributed by atoms with Gasteiger partial charge in [0.05, 0.1) is 0 Å². The van der Waals surface area contributed by atoms with E-state index in [0.717, 1.165) is 11.4 Å². The molecule has 0 aliphatic carbocycles. The van der Waals surface area contributed by atoms with Gasteiger partial charge in [0.25, 0.3) is 0 Å². The van der Waals surface area contributed by atoms with Crippen molar-refractivity contribution in [2.24, 2.45) is 5.92 Å². The Hall–Kier alpha value is -3.52. The fourth-order valence-electron chi connectivity index (χ4n) is 3.91. The van der Waals surface area contributed by atoms with Crippen LogP contribution in [0.2, 0.25) is 5.02 Å². The van der Waals surface area contributed by atoms with Gasteiger partial charge in [-0.05, 0) is 67.4 Å². The molecule has 0 unspecified atom stereocenters. The van der Waals surface area contributed by atoms with E-state index < -0.39 is 0 Å². The third kappa shape index (κ3) is 4.13. The molecule has 1 amide bonds. The summed E-state index contributed by atoms with van der Waals surface area (Å²) in [6.07, 6.45) is 1.38. The molecule has 0 spiro atoms. The number of aromatic nitrogens is 4. The maximum absolute atomic E-state index is 13.4. The van der Waals surface area contributed by atoms with Gasteiger partial charge < -0.3 is 10.2 Å². The zero-order valence-corrected chi connectivity index (χ0v) is 17.8. The number of nitrogens with one attached hydrogen (secondary N) is 1. The van der Waals surface area contributed by atoms with E-state index in [1.807, 2.05) is 36.4 Å². The molecule has 0 radical (unpaired) electrons. The molecule has 0 atom stereocenters. The van der Waals surface area contributed by atoms with Gasteiger partial charge in [0.1, 0.15) is 11.6 Å². The van der Waals surface area contributed by atoms with E-state index in [1.165, 1.54) is 12.1 Å². The van der Waals surface area contributed by atoms with Crippen LogP contribution in [0.1, 0.15) is 12.8 Å². The van der Waals surface area contributed by atoms with Gasteiger partial charge in [0.2, 0.25) is 5.91 Å². The SMILES string of the molecule is O=C(Nc1cccc(F)c1)C1CCN(c2ccc3nnc(-c4ccc(Cl)cc4)n3n2)CC1. The number of carbonyl (C=O) groups is 1. The molecular weight excluding hydrogens is 431 g/mol. The summed E-state index contributed by atoms with van der Waals surface area (Å²) < 4.78 is 15.1. The van der Waals surface area contributed by atoms with Crippen LogP contribution in [-0.2, 0) is 4.79 Å². The number of hydrogen-bond acceptors (Lipinski definition) is 5. The fraction of sp³-hybridized carbons (Fsp3) is 0.217. The number of nitrogens with zero attached hydrogens (tertiary/aromatic N) is 5. The van der Waals surface area contributed by atoms with Gasteiger partial charge in [-0.3, -0.25) is 4.79 Å². The third-order valence-corrected chi connectivity index (χ3v) is 5.89. The number of fused-ring (bicyclic) bond motifs is 1. The Kier molecular flexibility index (Phi) is 5.45. The summed E-state index contributed by atoms with van der Waals surface area (Å²) in [5, 5.41) is 16.7. The second-order valence-corrected chi connectivity index (χ2v) is 8.19. The summed E-state index contributed by atoms with van der Waals surface area (Å²) in [5.41, 5.74) is 2.01. The van der Waals surface area contributed by atoms with E-state index in [4.69, 9.17) is 16.7 Å². The summed E-state index contributed by atoms with van der Waals surface area (Å²) in [5.74, 6) is 0.866. The highest BCUT2D eigenvalue weighted by Gasteiger charge is 2.26. The lowest BCUT2D eigenvalue weighted by Crippen LogP contribution is -2.38. The van der Waals surface area contributed by atoms with Gasteiger partial charge in [0, 0.05) is 35.3 Å². The second-order valence-electron chi connectivity index (χ2n) is 7.75. The average molecular weight is 451 g/mol. The van der Waals surface area contributed by atoms with Crippen LogP contribution in [0, 0.1) is 11.7 Å². The number of hydrogen-bond donors (Lipinski definition) is 1. The van der Waals surface area contributed by atoms with Crippen molar-refractivity contribution in [1.29, 1.82) is 0 Å². The van der Waals surface area contributed by atoms with Crippen molar-refractivity contribution < 1.29 is 9.18 Å². The molecule has 2 aromatic carbocycles. The fourth-order valence-corrected chi connectivity index (χ4v) is 4.03. The van der Waals surface area contributed by atoms with Crippen LogP contribution in [0.5, 0.6) is 0 Å². The minimum absolute atomic E-state index is 0.0810. The second kappa shape index (κ2) is 8.55. The molecule has 1 fully saturated rings. The van der Waals surface area contributed by atoms with Crippen molar-refractivity contribution >= 4 is 34.7 Å². The topological polar surface area (TPSA) is 75.4 Å². The maximum Gasteiger partial charge on any atom is 0.227 e. The molecule has 1 saturated heterocycles. The number of benzene rings is 2. The molecule has 32 heavy (non-hydrogen) atoms. The number of halogens is 2. The van der Waals surface area contributed by atoms with Gasteiger partial charge in [-0.1, -0.05) is 17.7 Å². The lowest BCUT2D eigenvalue weighted by molar-refractivity contribution is -0.120. The monoisotopic (exact) mass is 450 g/mol. The van der Waals surface area contributed by atoms with Crippen molar-refractivity contribution in [3.05, 3.63) is 71.5 Å². The van der Waals surface area contributed by atoms with Gasteiger partial charge in [-0.15, -0.1) is 15.3 Å². The van der Waals surface area contributed by atoms with E-state index >= 15 is 0 Å². The van der Waals surface area contributed by atoms with Crippen LogP contribution in [0.3, 0.4) is 0 Å². The molecular formula is C23H20ClFN6O. The van der Waals surface area contributed by atoms with Crippen molar-refractivity contribution in [2.75, 3.05) is 23.3 Å². The Morgan fingerprint density at radius 3 is 2.56 bits per heavy atom.